The molecule has 3 aromatic rings. The number of nitrogens with zero attached hydrogens (tertiary/aromatic N) is 1. The molecule has 0 spiro atoms. The van der Waals surface area contributed by atoms with Gasteiger partial charge in [-0.25, -0.2) is 0 Å². The number of ether oxygens (including phenoxy) is 2. The predicted molar refractivity (Wildman–Crippen MR) is 206 cm³/mol. The molecule has 1 saturated heterocycles. The quantitative estimate of drug-likeness (QED) is 0.103. The molecule has 50 heavy (non-hydrogen) atoms. The number of hydrogen-bond donors (Lipinski definition) is 2. The number of aliphatic hydroxyl groups is 1. The lowest BCUT2D eigenvalue weighted by molar-refractivity contribution is -0.276. The zero-order valence-electron chi connectivity index (χ0n) is 31.4. The molecule has 0 aromatic heterocycles. The molecule has 274 valence electrons. The van der Waals surface area contributed by atoms with Crippen LogP contribution in [0.2, 0.25) is 0 Å². The largest absolute Gasteiger partial charge is 0.392 e. The van der Waals surface area contributed by atoms with Crippen LogP contribution in [0.25, 0.3) is 11.1 Å². The Kier molecular flexibility index (Phi) is 17.5. The number of benzene rings is 3. The standard InChI is InChI=1S/C44H64N2O4/c1-5-7-9-11-13-17-29-46(30-18-14-12-10-8-6-2)32-42-34(3)43(38-23-21-36(33-47)22-24-38)50-44(49-42)39-27-25-37(26-28-39)41-20-16-15-19-40(41)31-45-35(4)48/h15-16,19-28,34,42-44,47H,5-14,17-18,29-33H2,1-4H3,(H,45,48)/t34-,42+,43+,44+/m0/s1. The maximum atomic E-state index is 11.6. The van der Waals surface area contributed by atoms with Crippen molar-refractivity contribution >= 4 is 5.91 Å². The summed E-state index contributed by atoms with van der Waals surface area (Å²) in [5.41, 5.74) is 6.30. The molecule has 3 aromatic carbocycles. The molecule has 4 atom stereocenters. The average Bonchev–Trinajstić information content (AvgIpc) is 3.14. The summed E-state index contributed by atoms with van der Waals surface area (Å²) >= 11 is 0. The molecule has 0 bridgehead atoms. The molecular weight excluding hydrogens is 620 g/mol. The fraction of sp³-hybridized carbons (Fsp3) is 0.568. The van der Waals surface area contributed by atoms with Crippen molar-refractivity contribution in [2.45, 2.75) is 136 Å². The summed E-state index contributed by atoms with van der Waals surface area (Å²) in [5, 5.41) is 12.6. The summed E-state index contributed by atoms with van der Waals surface area (Å²) in [7, 11) is 0. The highest BCUT2D eigenvalue weighted by Gasteiger charge is 2.39. The Morgan fingerprint density at radius 3 is 1.92 bits per heavy atom. The van der Waals surface area contributed by atoms with Crippen molar-refractivity contribution in [3.63, 3.8) is 0 Å². The van der Waals surface area contributed by atoms with Crippen molar-refractivity contribution in [2.24, 2.45) is 5.92 Å². The van der Waals surface area contributed by atoms with Gasteiger partial charge in [-0.05, 0) is 53.7 Å². The Bertz CT molecular complexity index is 1360. The monoisotopic (exact) mass is 684 g/mol. The molecular formula is C44H64N2O4. The Morgan fingerprint density at radius 2 is 1.32 bits per heavy atom. The minimum absolute atomic E-state index is 0.00880. The summed E-state index contributed by atoms with van der Waals surface area (Å²) in [5.74, 6) is 0.117. The molecule has 2 N–H and O–H groups in total. The van der Waals surface area contributed by atoms with Gasteiger partial charge in [-0.1, -0.05) is 158 Å². The van der Waals surface area contributed by atoms with Crippen molar-refractivity contribution in [2.75, 3.05) is 19.6 Å². The van der Waals surface area contributed by atoms with Crippen LogP contribution >= 0.6 is 0 Å². The topological polar surface area (TPSA) is 71.0 Å². The van der Waals surface area contributed by atoms with Crippen molar-refractivity contribution < 1.29 is 19.4 Å². The maximum Gasteiger partial charge on any atom is 0.217 e. The van der Waals surface area contributed by atoms with Crippen LogP contribution < -0.4 is 5.32 Å². The lowest BCUT2D eigenvalue weighted by Crippen LogP contribution is -2.45. The molecule has 1 heterocycles. The van der Waals surface area contributed by atoms with Gasteiger partial charge in [0.25, 0.3) is 0 Å². The molecule has 1 aliphatic heterocycles. The summed E-state index contributed by atoms with van der Waals surface area (Å²) in [6.45, 7) is 12.0. The normalized spacial score (nSPS) is 19.2. The summed E-state index contributed by atoms with van der Waals surface area (Å²) in [6.07, 6.45) is 15.0. The Morgan fingerprint density at radius 1 is 0.740 bits per heavy atom. The maximum absolute atomic E-state index is 11.6. The fourth-order valence-corrected chi connectivity index (χ4v) is 7.10. The summed E-state index contributed by atoms with van der Waals surface area (Å²) < 4.78 is 13.7. The highest BCUT2D eigenvalue weighted by molar-refractivity contribution is 5.74. The van der Waals surface area contributed by atoms with E-state index in [1.807, 2.05) is 24.3 Å². The van der Waals surface area contributed by atoms with Crippen LogP contribution in [0, 0.1) is 5.92 Å². The van der Waals surface area contributed by atoms with Crippen LogP contribution in [0.3, 0.4) is 0 Å². The van der Waals surface area contributed by atoms with Gasteiger partial charge in [-0.2, -0.15) is 0 Å². The van der Waals surface area contributed by atoms with E-state index in [1.165, 1.54) is 77.0 Å². The van der Waals surface area contributed by atoms with Gasteiger partial charge in [0, 0.05) is 31.5 Å². The highest BCUT2D eigenvalue weighted by Crippen LogP contribution is 2.42. The van der Waals surface area contributed by atoms with E-state index in [9.17, 15) is 9.90 Å². The smallest absolute Gasteiger partial charge is 0.217 e. The van der Waals surface area contributed by atoms with E-state index in [2.05, 4.69) is 79.5 Å². The molecule has 1 amide bonds. The third-order valence-electron chi connectivity index (χ3n) is 10.3. The Balaban J connectivity index is 1.53. The van der Waals surface area contributed by atoms with E-state index in [4.69, 9.17) is 9.47 Å². The predicted octanol–water partition coefficient (Wildman–Crippen LogP) is 10.3. The lowest BCUT2D eigenvalue weighted by Gasteiger charge is -2.43. The van der Waals surface area contributed by atoms with Crippen LogP contribution in [0.15, 0.2) is 72.8 Å². The van der Waals surface area contributed by atoms with Gasteiger partial charge >= 0.3 is 0 Å². The van der Waals surface area contributed by atoms with E-state index in [1.54, 1.807) is 6.92 Å². The first kappa shape index (κ1) is 39.8. The number of carbonyl (C=O) groups excluding carboxylic acids is 1. The Labute approximate surface area is 303 Å². The molecule has 0 aliphatic carbocycles. The van der Waals surface area contributed by atoms with Crippen molar-refractivity contribution in [3.8, 4) is 11.1 Å². The van der Waals surface area contributed by atoms with Crippen molar-refractivity contribution in [1.82, 2.24) is 10.2 Å². The molecule has 0 unspecified atom stereocenters. The van der Waals surface area contributed by atoms with E-state index < -0.39 is 6.29 Å². The summed E-state index contributed by atoms with van der Waals surface area (Å²) in [4.78, 5) is 14.3. The van der Waals surface area contributed by atoms with E-state index in [-0.39, 0.29) is 30.6 Å². The molecule has 4 rings (SSSR count). The molecule has 0 radical (unpaired) electrons. The zero-order valence-corrected chi connectivity index (χ0v) is 31.4. The molecule has 1 aliphatic rings. The van der Waals surface area contributed by atoms with Gasteiger partial charge < -0.3 is 24.8 Å². The minimum Gasteiger partial charge on any atom is -0.392 e. The van der Waals surface area contributed by atoms with Gasteiger partial charge in [-0.3, -0.25) is 4.79 Å². The van der Waals surface area contributed by atoms with Crippen molar-refractivity contribution in [3.05, 3.63) is 95.1 Å². The van der Waals surface area contributed by atoms with Crippen LogP contribution in [-0.2, 0) is 27.4 Å². The van der Waals surface area contributed by atoms with Gasteiger partial charge in [0.15, 0.2) is 6.29 Å². The van der Waals surface area contributed by atoms with E-state index in [0.717, 1.165) is 53.0 Å². The van der Waals surface area contributed by atoms with Crippen LogP contribution in [0.1, 0.15) is 139 Å². The van der Waals surface area contributed by atoms with Crippen LogP contribution in [0.4, 0.5) is 0 Å². The second kappa shape index (κ2) is 22.0. The summed E-state index contributed by atoms with van der Waals surface area (Å²) in [6, 6.07) is 24.9. The van der Waals surface area contributed by atoms with Gasteiger partial charge in [0.05, 0.1) is 18.8 Å². The average molecular weight is 685 g/mol. The van der Waals surface area contributed by atoms with E-state index >= 15 is 0 Å². The third kappa shape index (κ3) is 12.6. The van der Waals surface area contributed by atoms with Crippen LogP contribution in [-0.4, -0.2) is 41.7 Å². The molecule has 1 fully saturated rings. The number of carbonyl (C=O) groups is 1. The first-order chi connectivity index (χ1) is 24.4. The Hall–Kier alpha value is -3.03. The molecule has 6 nitrogen and oxygen atoms in total. The van der Waals surface area contributed by atoms with Crippen LogP contribution in [0.5, 0.6) is 0 Å². The number of unbranched alkanes of at least 4 members (excludes halogenated alkanes) is 10. The van der Waals surface area contributed by atoms with Gasteiger partial charge in [-0.15, -0.1) is 0 Å². The first-order valence-corrected chi connectivity index (χ1v) is 19.6. The number of amides is 1. The fourth-order valence-electron chi connectivity index (χ4n) is 7.10. The second-order valence-corrected chi connectivity index (χ2v) is 14.3. The minimum atomic E-state index is -0.493. The highest BCUT2D eigenvalue weighted by atomic mass is 16.7. The van der Waals surface area contributed by atoms with Gasteiger partial charge in [0.2, 0.25) is 5.91 Å². The number of rotatable bonds is 22. The number of aliphatic hydroxyl groups excluding tert-OH is 1. The third-order valence-corrected chi connectivity index (χ3v) is 10.3. The molecule has 6 heteroatoms. The second-order valence-electron chi connectivity index (χ2n) is 14.3. The van der Waals surface area contributed by atoms with E-state index in [0.29, 0.717) is 6.54 Å². The molecule has 0 saturated carbocycles. The van der Waals surface area contributed by atoms with Crippen molar-refractivity contribution in [1.29, 1.82) is 0 Å². The number of nitrogens with one attached hydrogen (secondary N) is 1. The zero-order chi connectivity index (χ0) is 35.6. The number of hydrogen-bond acceptors (Lipinski definition) is 5. The lowest BCUT2D eigenvalue weighted by atomic mass is 9.89. The first-order valence-electron chi connectivity index (χ1n) is 19.6. The van der Waals surface area contributed by atoms with Gasteiger partial charge in [0.1, 0.15) is 0 Å². The SMILES string of the molecule is CCCCCCCCN(CCCCCCCC)C[C@H]1O[C@@H](c2ccc(-c3ccccc3CNC(C)=O)cc2)O[C@@H](c2ccc(CO)cc2)[C@H]1C.